The van der Waals surface area contributed by atoms with Crippen molar-refractivity contribution in [2.75, 3.05) is 34.4 Å². The maximum absolute atomic E-state index is 12.3. The summed E-state index contributed by atoms with van der Waals surface area (Å²) in [6.07, 6.45) is 3.82. The van der Waals surface area contributed by atoms with E-state index in [-0.39, 0.29) is 18.6 Å². The Labute approximate surface area is 164 Å². The number of hydrogen-bond donors (Lipinski definition) is 1. The first kappa shape index (κ1) is 19.7. The van der Waals surface area contributed by atoms with Crippen LogP contribution in [0.5, 0.6) is 11.5 Å². The standard InChI is InChI=1S/C21H26N4O3/c1-15-13-25-11-5-6-19(21(25)23-15)28-14-20(26)22-12-18(24(2)3)16-7-9-17(27-4)10-8-16/h5-11,13,18H,12,14H2,1-4H3,(H,22,26). The summed E-state index contributed by atoms with van der Waals surface area (Å²) >= 11 is 0. The first-order valence-electron chi connectivity index (χ1n) is 9.12. The van der Waals surface area contributed by atoms with Crippen LogP contribution >= 0.6 is 0 Å². The highest BCUT2D eigenvalue weighted by atomic mass is 16.5. The largest absolute Gasteiger partial charge is 0.497 e. The molecule has 3 aromatic rings. The number of methoxy groups -OCH3 is 1. The molecule has 28 heavy (non-hydrogen) atoms. The highest BCUT2D eigenvalue weighted by Gasteiger charge is 2.16. The van der Waals surface area contributed by atoms with Crippen LogP contribution in [0.25, 0.3) is 5.65 Å². The molecule has 1 atom stereocenters. The van der Waals surface area contributed by atoms with Crippen molar-refractivity contribution >= 4 is 11.6 Å². The maximum atomic E-state index is 12.3. The minimum Gasteiger partial charge on any atom is -0.497 e. The van der Waals surface area contributed by atoms with Crippen LogP contribution in [0.4, 0.5) is 0 Å². The van der Waals surface area contributed by atoms with Gasteiger partial charge < -0.3 is 24.1 Å². The molecule has 7 heteroatoms. The number of pyridine rings is 1. The third-order valence-corrected chi connectivity index (χ3v) is 4.54. The summed E-state index contributed by atoms with van der Waals surface area (Å²) < 4.78 is 12.8. The van der Waals surface area contributed by atoms with Gasteiger partial charge in [0.05, 0.1) is 18.8 Å². The lowest BCUT2D eigenvalue weighted by molar-refractivity contribution is -0.123. The Balaban J connectivity index is 1.58. The zero-order valence-corrected chi connectivity index (χ0v) is 16.7. The molecule has 0 aliphatic rings. The molecule has 0 aliphatic carbocycles. The first-order chi connectivity index (χ1) is 13.5. The van der Waals surface area contributed by atoms with E-state index in [1.54, 1.807) is 7.11 Å². The van der Waals surface area contributed by atoms with Crippen LogP contribution in [0.15, 0.2) is 48.8 Å². The van der Waals surface area contributed by atoms with Gasteiger partial charge in [-0.15, -0.1) is 0 Å². The minimum atomic E-state index is -0.175. The molecule has 0 saturated carbocycles. The van der Waals surface area contributed by atoms with Crippen molar-refractivity contribution < 1.29 is 14.3 Å². The molecule has 0 saturated heterocycles. The van der Waals surface area contributed by atoms with E-state index in [1.807, 2.05) is 74.2 Å². The fourth-order valence-corrected chi connectivity index (χ4v) is 3.05. The van der Waals surface area contributed by atoms with Gasteiger partial charge in [0.1, 0.15) is 5.75 Å². The molecule has 1 aromatic carbocycles. The van der Waals surface area contributed by atoms with Crippen LogP contribution in [0.3, 0.4) is 0 Å². The number of hydrogen-bond acceptors (Lipinski definition) is 5. The van der Waals surface area contributed by atoms with Crippen molar-refractivity contribution in [3.63, 3.8) is 0 Å². The Morgan fingerprint density at radius 2 is 2.00 bits per heavy atom. The molecule has 0 bridgehead atoms. The van der Waals surface area contributed by atoms with E-state index in [2.05, 4.69) is 15.2 Å². The van der Waals surface area contributed by atoms with Crippen molar-refractivity contribution in [3.8, 4) is 11.5 Å². The van der Waals surface area contributed by atoms with Gasteiger partial charge in [-0.2, -0.15) is 0 Å². The van der Waals surface area contributed by atoms with E-state index in [1.165, 1.54) is 0 Å². The lowest BCUT2D eigenvalue weighted by Crippen LogP contribution is -2.36. The molecule has 0 fully saturated rings. The van der Waals surface area contributed by atoms with Crippen LogP contribution in [0, 0.1) is 6.92 Å². The summed E-state index contributed by atoms with van der Waals surface area (Å²) in [5, 5.41) is 2.95. The number of amides is 1. The Kier molecular flexibility index (Phi) is 6.16. The molecule has 1 amide bonds. The van der Waals surface area contributed by atoms with Crippen molar-refractivity contribution in [3.05, 3.63) is 60.0 Å². The average molecular weight is 382 g/mol. The predicted molar refractivity (Wildman–Crippen MR) is 108 cm³/mol. The molecular formula is C21H26N4O3. The third kappa shape index (κ3) is 4.61. The Hall–Kier alpha value is -3.06. The Morgan fingerprint density at radius 1 is 1.25 bits per heavy atom. The van der Waals surface area contributed by atoms with Crippen LogP contribution in [0.2, 0.25) is 0 Å². The predicted octanol–water partition coefficient (Wildman–Crippen LogP) is 2.45. The highest BCUT2D eigenvalue weighted by molar-refractivity contribution is 5.77. The van der Waals surface area contributed by atoms with Crippen LogP contribution in [0.1, 0.15) is 17.3 Å². The lowest BCUT2D eigenvalue weighted by Gasteiger charge is -2.25. The lowest BCUT2D eigenvalue weighted by atomic mass is 10.1. The van der Waals surface area contributed by atoms with E-state index in [0.717, 1.165) is 17.0 Å². The van der Waals surface area contributed by atoms with Crippen molar-refractivity contribution in [2.45, 2.75) is 13.0 Å². The van der Waals surface area contributed by atoms with Crippen LogP contribution < -0.4 is 14.8 Å². The van der Waals surface area contributed by atoms with Crippen molar-refractivity contribution in [2.24, 2.45) is 0 Å². The Morgan fingerprint density at radius 3 is 2.68 bits per heavy atom. The van der Waals surface area contributed by atoms with Crippen molar-refractivity contribution in [1.29, 1.82) is 0 Å². The molecule has 2 aromatic heterocycles. The van der Waals surface area contributed by atoms with E-state index in [4.69, 9.17) is 9.47 Å². The fourth-order valence-electron chi connectivity index (χ4n) is 3.05. The molecule has 1 unspecified atom stereocenters. The molecule has 1 N–H and O–H groups in total. The zero-order chi connectivity index (χ0) is 20.1. The van der Waals surface area contributed by atoms with Crippen LogP contribution in [-0.4, -0.2) is 54.5 Å². The van der Waals surface area contributed by atoms with E-state index >= 15 is 0 Å². The number of likely N-dealkylation sites (N-methyl/N-ethyl adjacent to an activating group) is 1. The van der Waals surface area contributed by atoms with Gasteiger partial charge in [0.25, 0.3) is 5.91 Å². The number of carbonyl (C=O) groups is 1. The fraction of sp³-hybridized carbons (Fsp3) is 0.333. The number of aromatic nitrogens is 2. The number of aryl methyl sites for hydroxylation is 1. The average Bonchev–Trinajstić information content (AvgIpc) is 3.07. The second-order valence-corrected chi connectivity index (χ2v) is 6.83. The van der Waals surface area contributed by atoms with E-state index in [0.29, 0.717) is 17.9 Å². The summed E-state index contributed by atoms with van der Waals surface area (Å²) in [4.78, 5) is 18.8. The van der Waals surface area contributed by atoms with Gasteiger partial charge in [0.15, 0.2) is 18.0 Å². The zero-order valence-electron chi connectivity index (χ0n) is 16.7. The van der Waals surface area contributed by atoms with Gasteiger partial charge in [-0.3, -0.25) is 4.79 Å². The molecule has 0 radical (unpaired) electrons. The van der Waals surface area contributed by atoms with E-state index in [9.17, 15) is 4.79 Å². The quantitative estimate of drug-likeness (QED) is 0.648. The van der Waals surface area contributed by atoms with Gasteiger partial charge in [0.2, 0.25) is 0 Å². The molecule has 7 nitrogen and oxygen atoms in total. The molecule has 148 valence electrons. The van der Waals surface area contributed by atoms with Gasteiger partial charge >= 0.3 is 0 Å². The molecular weight excluding hydrogens is 356 g/mol. The molecule has 2 heterocycles. The number of rotatable bonds is 8. The van der Waals surface area contributed by atoms with Gasteiger partial charge in [-0.1, -0.05) is 12.1 Å². The summed E-state index contributed by atoms with van der Waals surface area (Å²) in [6.45, 7) is 2.34. The molecule has 0 spiro atoms. The molecule has 3 rings (SSSR count). The summed E-state index contributed by atoms with van der Waals surface area (Å²) in [7, 11) is 5.61. The SMILES string of the molecule is COc1ccc(C(CNC(=O)COc2cccn3cc(C)nc23)N(C)C)cc1. The highest BCUT2D eigenvalue weighted by Crippen LogP contribution is 2.21. The smallest absolute Gasteiger partial charge is 0.258 e. The number of imidazole rings is 1. The second kappa shape index (κ2) is 8.75. The topological polar surface area (TPSA) is 68.1 Å². The number of benzene rings is 1. The summed E-state index contributed by atoms with van der Waals surface area (Å²) in [6, 6.07) is 11.6. The molecule has 0 aliphatic heterocycles. The van der Waals surface area contributed by atoms with E-state index < -0.39 is 0 Å². The number of carbonyl (C=O) groups excluding carboxylic acids is 1. The van der Waals surface area contributed by atoms with Gasteiger partial charge in [0, 0.05) is 18.9 Å². The Bertz CT molecular complexity index is 934. The number of nitrogens with one attached hydrogen (secondary N) is 1. The summed E-state index contributed by atoms with van der Waals surface area (Å²) in [5.41, 5.74) is 2.70. The first-order valence-corrected chi connectivity index (χ1v) is 9.12. The normalized spacial score (nSPS) is 12.2. The monoisotopic (exact) mass is 382 g/mol. The summed E-state index contributed by atoms with van der Waals surface area (Å²) in [5.74, 6) is 1.22. The number of nitrogens with zero attached hydrogens (tertiary/aromatic N) is 3. The second-order valence-electron chi connectivity index (χ2n) is 6.83. The number of ether oxygens (including phenoxy) is 2. The maximum Gasteiger partial charge on any atom is 0.258 e. The third-order valence-electron chi connectivity index (χ3n) is 4.54. The van der Waals surface area contributed by atoms with Crippen molar-refractivity contribution in [1.82, 2.24) is 19.6 Å². The van der Waals surface area contributed by atoms with Gasteiger partial charge in [-0.25, -0.2) is 4.98 Å². The van der Waals surface area contributed by atoms with Gasteiger partial charge in [-0.05, 0) is 50.8 Å². The van der Waals surface area contributed by atoms with Crippen LogP contribution in [-0.2, 0) is 4.79 Å². The minimum absolute atomic E-state index is 0.0493. The number of fused-ring (bicyclic) bond motifs is 1.